The average Bonchev–Trinajstić information content (AvgIpc) is 2.86. The lowest BCUT2D eigenvalue weighted by Gasteiger charge is -2.27. The quantitative estimate of drug-likeness (QED) is 0.880. The van der Waals surface area contributed by atoms with Gasteiger partial charge in [-0.25, -0.2) is 0 Å². The topological polar surface area (TPSA) is 46.3 Å². The van der Waals surface area contributed by atoms with Crippen LogP contribution in [0.1, 0.15) is 25.3 Å². The Labute approximate surface area is 109 Å². The van der Waals surface area contributed by atoms with Gasteiger partial charge >= 0.3 is 0 Å². The fourth-order valence-corrected chi connectivity index (χ4v) is 2.61. The van der Waals surface area contributed by atoms with Crippen LogP contribution in [-0.2, 0) is 11.2 Å². The monoisotopic (exact) mass is 246 g/mol. The Balaban J connectivity index is 2.02. The number of rotatable bonds is 4. The third-order valence-corrected chi connectivity index (χ3v) is 3.75. The summed E-state index contributed by atoms with van der Waals surface area (Å²) in [6, 6.07) is 10.8. The lowest BCUT2D eigenvalue weighted by Crippen LogP contribution is -2.41. The van der Waals surface area contributed by atoms with Crippen molar-refractivity contribution < 1.29 is 4.79 Å². The predicted molar refractivity (Wildman–Crippen MR) is 73.1 cm³/mol. The SMILES string of the molecule is CC(CN)C(=O)N1CCCC1Cc1ccccc1. The molecule has 2 unspecified atom stereocenters. The number of carbonyl (C=O) groups excluding carboxylic acids is 1. The number of nitrogens with zero attached hydrogens (tertiary/aromatic N) is 1. The van der Waals surface area contributed by atoms with E-state index in [1.165, 1.54) is 5.56 Å². The van der Waals surface area contributed by atoms with Crippen LogP contribution in [0.15, 0.2) is 30.3 Å². The Morgan fingerprint density at radius 2 is 2.17 bits per heavy atom. The largest absolute Gasteiger partial charge is 0.339 e. The number of hydrogen-bond donors (Lipinski definition) is 1. The van der Waals surface area contributed by atoms with Gasteiger partial charge in [0, 0.05) is 25.0 Å². The molecule has 3 heteroatoms. The third kappa shape index (κ3) is 2.91. The smallest absolute Gasteiger partial charge is 0.226 e. The van der Waals surface area contributed by atoms with Crippen molar-refractivity contribution in [1.82, 2.24) is 4.90 Å². The first kappa shape index (κ1) is 13.1. The van der Waals surface area contributed by atoms with Gasteiger partial charge in [-0.3, -0.25) is 4.79 Å². The molecule has 0 spiro atoms. The van der Waals surface area contributed by atoms with E-state index in [0.29, 0.717) is 12.6 Å². The van der Waals surface area contributed by atoms with Crippen LogP contribution in [0.25, 0.3) is 0 Å². The molecule has 0 aromatic heterocycles. The van der Waals surface area contributed by atoms with Crippen LogP contribution in [0.3, 0.4) is 0 Å². The molecule has 98 valence electrons. The van der Waals surface area contributed by atoms with Crippen LogP contribution in [-0.4, -0.2) is 29.9 Å². The Bertz CT molecular complexity index is 391. The summed E-state index contributed by atoms with van der Waals surface area (Å²) < 4.78 is 0. The molecule has 1 aliphatic rings. The minimum absolute atomic E-state index is 0.0543. The fraction of sp³-hybridized carbons (Fsp3) is 0.533. The van der Waals surface area contributed by atoms with E-state index in [-0.39, 0.29) is 11.8 Å². The third-order valence-electron chi connectivity index (χ3n) is 3.75. The van der Waals surface area contributed by atoms with Crippen LogP contribution >= 0.6 is 0 Å². The highest BCUT2D eigenvalue weighted by Crippen LogP contribution is 2.22. The van der Waals surface area contributed by atoms with E-state index in [2.05, 4.69) is 24.3 Å². The molecule has 2 N–H and O–H groups in total. The summed E-state index contributed by atoms with van der Waals surface area (Å²) in [4.78, 5) is 14.3. The lowest BCUT2D eigenvalue weighted by atomic mass is 10.0. The van der Waals surface area contributed by atoms with Gasteiger partial charge in [0.05, 0.1) is 0 Å². The molecule has 1 amide bonds. The van der Waals surface area contributed by atoms with Crippen molar-refractivity contribution in [3.63, 3.8) is 0 Å². The van der Waals surface area contributed by atoms with Crippen LogP contribution < -0.4 is 5.73 Å². The Morgan fingerprint density at radius 1 is 1.44 bits per heavy atom. The molecule has 0 radical (unpaired) electrons. The number of hydrogen-bond acceptors (Lipinski definition) is 2. The van der Waals surface area contributed by atoms with Crippen LogP contribution in [0.5, 0.6) is 0 Å². The van der Waals surface area contributed by atoms with Crippen LogP contribution in [0, 0.1) is 5.92 Å². The first-order chi connectivity index (χ1) is 8.72. The molecule has 1 saturated heterocycles. The molecule has 1 aromatic carbocycles. The van der Waals surface area contributed by atoms with E-state index >= 15 is 0 Å². The molecule has 2 rings (SSSR count). The number of likely N-dealkylation sites (tertiary alicyclic amines) is 1. The zero-order valence-electron chi connectivity index (χ0n) is 11.0. The molecular weight excluding hydrogens is 224 g/mol. The van der Waals surface area contributed by atoms with Crippen LogP contribution in [0.2, 0.25) is 0 Å². The van der Waals surface area contributed by atoms with Crippen LogP contribution in [0.4, 0.5) is 0 Å². The van der Waals surface area contributed by atoms with Crippen molar-refractivity contribution in [1.29, 1.82) is 0 Å². The van der Waals surface area contributed by atoms with Gasteiger partial charge in [-0.1, -0.05) is 37.3 Å². The Kier molecular flexibility index (Phi) is 4.37. The highest BCUT2D eigenvalue weighted by atomic mass is 16.2. The fourth-order valence-electron chi connectivity index (χ4n) is 2.61. The Hall–Kier alpha value is -1.35. The van der Waals surface area contributed by atoms with Crippen molar-refractivity contribution in [2.24, 2.45) is 11.7 Å². The van der Waals surface area contributed by atoms with E-state index in [4.69, 9.17) is 5.73 Å². The molecule has 1 heterocycles. The van der Waals surface area contributed by atoms with Gasteiger partial charge in [0.1, 0.15) is 0 Å². The lowest BCUT2D eigenvalue weighted by molar-refractivity contribution is -0.135. The maximum Gasteiger partial charge on any atom is 0.226 e. The summed E-state index contributed by atoms with van der Waals surface area (Å²) in [6.07, 6.45) is 3.18. The van der Waals surface area contributed by atoms with Gasteiger partial charge in [0.25, 0.3) is 0 Å². The normalized spacial score (nSPS) is 21.0. The second-order valence-corrected chi connectivity index (χ2v) is 5.15. The molecule has 1 aromatic rings. The highest BCUT2D eigenvalue weighted by molar-refractivity contribution is 5.79. The zero-order chi connectivity index (χ0) is 13.0. The number of amides is 1. The van der Waals surface area contributed by atoms with E-state index in [9.17, 15) is 4.79 Å². The van der Waals surface area contributed by atoms with Crippen molar-refractivity contribution >= 4 is 5.91 Å². The molecule has 0 bridgehead atoms. The van der Waals surface area contributed by atoms with Crippen molar-refractivity contribution in [3.05, 3.63) is 35.9 Å². The molecular formula is C15H22N2O. The van der Waals surface area contributed by atoms with E-state index in [0.717, 1.165) is 25.8 Å². The van der Waals surface area contributed by atoms with Crippen molar-refractivity contribution in [3.8, 4) is 0 Å². The number of nitrogens with two attached hydrogens (primary N) is 1. The summed E-state index contributed by atoms with van der Waals surface area (Å²) >= 11 is 0. The molecule has 18 heavy (non-hydrogen) atoms. The van der Waals surface area contributed by atoms with Gasteiger partial charge in [0.2, 0.25) is 5.91 Å². The summed E-state index contributed by atoms with van der Waals surface area (Å²) in [5.41, 5.74) is 6.90. The Morgan fingerprint density at radius 3 is 2.83 bits per heavy atom. The second kappa shape index (κ2) is 6.01. The van der Waals surface area contributed by atoms with Gasteiger partial charge in [-0.15, -0.1) is 0 Å². The van der Waals surface area contributed by atoms with E-state index in [1.54, 1.807) is 0 Å². The summed E-state index contributed by atoms with van der Waals surface area (Å²) in [6.45, 7) is 3.24. The summed E-state index contributed by atoms with van der Waals surface area (Å²) in [5.74, 6) is 0.164. The standard InChI is InChI=1S/C15H22N2O/c1-12(11-16)15(18)17-9-5-8-14(17)10-13-6-3-2-4-7-13/h2-4,6-7,12,14H,5,8-11,16H2,1H3. The minimum Gasteiger partial charge on any atom is -0.339 e. The second-order valence-electron chi connectivity index (χ2n) is 5.15. The molecule has 1 aliphatic heterocycles. The van der Waals surface area contributed by atoms with Gasteiger partial charge in [-0.2, -0.15) is 0 Å². The highest BCUT2D eigenvalue weighted by Gasteiger charge is 2.30. The maximum absolute atomic E-state index is 12.2. The van der Waals surface area contributed by atoms with Gasteiger partial charge in [0.15, 0.2) is 0 Å². The average molecular weight is 246 g/mol. The molecule has 1 fully saturated rings. The van der Waals surface area contributed by atoms with Gasteiger partial charge in [-0.05, 0) is 24.8 Å². The maximum atomic E-state index is 12.2. The first-order valence-corrected chi connectivity index (χ1v) is 6.77. The number of benzene rings is 1. The minimum atomic E-state index is -0.0543. The number of carbonyl (C=O) groups is 1. The molecule has 0 saturated carbocycles. The molecule has 3 nitrogen and oxygen atoms in total. The van der Waals surface area contributed by atoms with E-state index in [1.807, 2.05) is 17.9 Å². The predicted octanol–water partition coefficient (Wildman–Crippen LogP) is 1.81. The zero-order valence-corrected chi connectivity index (χ0v) is 11.0. The molecule has 2 atom stereocenters. The van der Waals surface area contributed by atoms with Crippen molar-refractivity contribution in [2.45, 2.75) is 32.2 Å². The van der Waals surface area contributed by atoms with E-state index < -0.39 is 0 Å². The summed E-state index contributed by atoms with van der Waals surface area (Å²) in [7, 11) is 0. The molecule has 0 aliphatic carbocycles. The van der Waals surface area contributed by atoms with Crippen molar-refractivity contribution in [2.75, 3.05) is 13.1 Å². The first-order valence-electron chi connectivity index (χ1n) is 6.77. The summed E-state index contributed by atoms with van der Waals surface area (Å²) in [5, 5.41) is 0. The van der Waals surface area contributed by atoms with Gasteiger partial charge < -0.3 is 10.6 Å².